The Balaban J connectivity index is 1.33. The zero-order valence-electron chi connectivity index (χ0n) is 19.7. The second kappa shape index (κ2) is 9.96. The van der Waals surface area contributed by atoms with Crippen LogP contribution >= 0.6 is 0 Å². The number of hydrogen-bond donors (Lipinski definition) is 3. The van der Waals surface area contributed by atoms with E-state index in [-0.39, 0.29) is 5.91 Å². The van der Waals surface area contributed by atoms with Crippen molar-refractivity contribution in [1.29, 1.82) is 0 Å². The van der Waals surface area contributed by atoms with Crippen LogP contribution in [0.2, 0.25) is 0 Å². The molecule has 5 rings (SSSR count). The molecule has 3 aromatic carbocycles. The Labute approximate surface area is 210 Å². The molecule has 3 amide bonds. The van der Waals surface area contributed by atoms with E-state index in [2.05, 4.69) is 15.6 Å². The van der Waals surface area contributed by atoms with Crippen molar-refractivity contribution in [1.82, 2.24) is 20.2 Å². The molecule has 190 valence electrons. The van der Waals surface area contributed by atoms with E-state index >= 15 is 0 Å². The number of nitrogens with zero attached hydrogens (tertiary/aromatic N) is 2. The Morgan fingerprint density at radius 3 is 2.51 bits per heavy atom. The minimum Gasteiger partial charge on any atom is -0.352 e. The average Bonchev–Trinajstić information content (AvgIpc) is 3.62. The molecule has 0 radical (unpaired) electrons. The van der Waals surface area contributed by atoms with Crippen molar-refractivity contribution in [2.24, 2.45) is 5.92 Å². The van der Waals surface area contributed by atoms with Gasteiger partial charge in [0.1, 0.15) is 12.9 Å². The number of nitrogens with one attached hydrogen (secondary N) is 3. The van der Waals surface area contributed by atoms with Crippen molar-refractivity contribution in [3.05, 3.63) is 78.6 Å². The molecule has 0 atom stereocenters. The predicted molar refractivity (Wildman–Crippen MR) is 135 cm³/mol. The van der Waals surface area contributed by atoms with Crippen molar-refractivity contribution in [3.63, 3.8) is 0 Å². The third kappa shape index (κ3) is 6.08. The van der Waals surface area contributed by atoms with Gasteiger partial charge in [-0.25, -0.2) is 9.78 Å². The molecule has 4 aromatic rings. The Hall–Kier alpha value is -4.34. The van der Waals surface area contributed by atoms with Crippen molar-refractivity contribution in [3.8, 4) is 16.8 Å². The maximum absolute atomic E-state index is 12.5. The Morgan fingerprint density at radius 1 is 0.946 bits per heavy atom. The third-order valence-electron chi connectivity index (χ3n) is 6.09. The minimum atomic E-state index is -4.49. The molecule has 0 unspecified atom stereocenters. The van der Waals surface area contributed by atoms with Gasteiger partial charge < -0.3 is 16.0 Å². The molecular weight excluding hydrogens is 483 g/mol. The molecule has 0 saturated heterocycles. The number of urea groups is 1. The van der Waals surface area contributed by atoms with Crippen molar-refractivity contribution >= 4 is 28.7 Å². The lowest BCUT2D eigenvalue weighted by atomic mass is 10.0. The molecular formula is C27H24F3N5O2. The van der Waals surface area contributed by atoms with Crippen LogP contribution < -0.4 is 16.0 Å². The first kappa shape index (κ1) is 24.4. The highest BCUT2D eigenvalue weighted by molar-refractivity contribution is 5.96. The predicted octanol–water partition coefficient (Wildman–Crippen LogP) is 5.52. The number of benzene rings is 3. The van der Waals surface area contributed by atoms with Gasteiger partial charge in [-0.15, -0.1) is 0 Å². The van der Waals surface area contributed by atoms with Gasteiger partial charge in [-0.1, -0.05) is 24.3 Å². The highest BCUT2D eigenvalue weighted by Crippen LogP contribution is 2.29. The molecule has 7 nitrogen and oxygen atoms in total. The second-order valence-corrected chi connectivity index (χ2v) is 9.03. The number of imidazole rings is 1. The van der Waals surface area contributed by atoms with Crippen LogP contribution in [0.1, 0.15) is 23.2 Å². The first-order valence-electron chi connectivity index (χ1n) is 11.8. The number of rotatable bonds is 7. The van der Waals surface area contributed by atoms with Crippen LogP contribution in [0.3, 0.4) is 0 Å². The Morgan fingerprint density at radius 2 is 1.73 bits per heavy atom. The molecule has 1 fully saturated rings. The van der Waals surface area contributed by atoms with Gasteiger partial charge in [0.25, 0.3) is 5.91 Å². The molecule has 1 aliphatic carbocycles. The fourth-order valence-electron chi connectivity index (χ4n) is 3.99. The summed E-state index contributed by atoms with van der Waals surface area (Å²) in [5, 5.41) is 7.18. The number of halogens is 3. The van der Waals surface area contributed by atoms with Crippen LogP contribution in [0.15, 0.2) is 73.1 Å². The fourth-order valence-corrected chi connectivity index (χ4v) is 3.99. The first-order valence-corrected chi connectivity index (χ1v) is 11.8. The summed E-state index contributed by atoms with van der Waals surface area (Å²) in [6.45, 7) is -0.706. The lowest BCUT2D eigenvalue weighted by Gasteiger charge is -2.11. The van der Waals surface area contributed by atoms with Gasteiger partial charge >= 0.3 is 12.2 Å². The number of amides is 3. The molecule has 0 aliphatic heterocycles. The summed E-state index contributed by atoms with van der Waals surface area (Å²) in [4.78, 5) is 28.8. The summed E-state index contributed by atoms with van der Waals surface area (Å²) in [7, 11) is 0. The van der Waals surface area contributed by atoms with Crippen LogP contribution in [0.25, 0.3) is 27.8 Å². The number of aromatic nitrogens is 2. The first-order chi connectivity index (χ1) is 17.7. The van der Waals surface area contributed by atoms with Crippen LogP contribution in [0.5, 0.6) is 0 Å². The van der Waals surface area contributed by atoms with Gasteiger partial charge in [-0.3, -0.25) is 9.36 Å². The molecule has 1 saturated carbocycles. The van der Waals surface area contributed by atoms with E-state index < -0.39 is 18.8 Å². The summed E-state index contributed by atoms with van der Waals surface area (Å²) in [6.07, 6.45) is -0.507. The van der Waals surface area contributed by atoms with Gasteiger partial charge in [-0.2, -0.15) is 13.2 Å². The van der Waals surface area contributed by atoms with Gasteiger partial charge in [0.05, 0.1) is 11.0 Å². The number of fused-ring (bicyclic) bond motifs is 1. The molecule has 10 heteroatoms. The van der Waals surface area contributed by atoms with Crippen molar-refractivity contribution < 1.29 is 22.8 Å². The second-order valence-electron chi connectivity index (χ2n) is 9.03. The number of alkyl halides is 3. The smallest absolute Gasteiger partial charge is 0.352 e. The summed E-state index contributed by atoms with van der Waals surface area (Å²) < 4.78 is 38.8. The normalized spacial score (nSPS) is 13.4. The van der Waals surface area contributed by atoms with Crippen LogP contribution in [0.4, 0.5) is 23.7 Å². The number of carbonyl (C=O) groups is 2. The highest BCUT2D eigenvalue weighted by atomic mass is 19.4. The molecule has 0 spiro atoms. The minimum absolute atomic E-state index is 0.0836. The van der Waals surface area contributed by atoms with Crippen LogP contribution in [-0.2, 0) is 0 Å². The monoisotopic (exact) mass is 507 g/mol. The molecule has 3 N–H and O–H groups in total. The lowest BCUT2D eigenvalue weighted by Crippen LogP contribution is -2.36. The van der Waals surface area contributed by atoms with Crippen molar-refractivity contribution in [2.45, 2.75) is 19.0 Å². The van der Waals surface area contributed by atoms with E-state index in [9.17, 15) is 22.8 Å². The number of hydrogen-bond acceptors (Lipinski definition) is 3. The molecule has 1 aromatic heterocycles. The Bertz CT molecular complexity index is 1460. The quantitative estimate of drug-likeness (QED) is 0.308. The van der Waals surface area contributed by atoms with Gasteiger partial charge in [0.2, 0.25) is 0 Å². The van der Waals surface area contributed by atoms with E-state index in [0.717, 1.165) is 22.2 Å². The largest absolute Gasteiger partial charge is 0.405 e. The van der Waals surface area contributed by atoms with E-state index in [1.807, 2.05) is 41.0 Å². The van der Waals surface area contributed by atoms with Gasteiger partial charge in [0, 0.05) is 23.5 Å². The number of anilines is 1. The van der Waals surface area contributed by atoms with Gasteiger partial charge in [0.15, 0.2) is 0 Å². The maximum atomic E-state index is 12.5. The Kier molecular flexibility index (Phi) is 6.56. The molecule has 1 aliphatic rings. The standard InChI is InChI=1S/C27H24F3N5O2/c28-27(29,30)15-32-26(37)34-21-5-2-6-22(13-21)35-16-33-23-12-19(9-10-24(23)35)18-3-1-4-20(11-18)25(36)31-14-17-7-8-17/h1-6,9-13,16-17H,7-8,14-15H2,(H,31,36)(H2,32,34,37). The zero-order valence-corrected chi connectivity index (χ0v) is 19.7. The summed E-state index contributed by atoms with van der Waals surface area (Å²) in [5.41, 5.74) is 4.96. The molecule has 1 heterocycles. The topological polar surface area (TPSA) is 88.1 Å². The number of carbonyl (C=O) groups excluding carboxylic acids is 2. The average molecular weight is 508 g/mol. The molecule has 37 heavy (non-hydrogen) atoms. The van der Waals surface area contributed by atoms with Crippen LogP contribution in [-0.4, -0.2) is 40.8 Å². The summed E-state index contributed by atoms with van der Waals surface area (Å²) in [5.74, 6) is 0.521. The third-order valence-corrected chi connectivity index (χ3v) is 6.09. The summed E-state index contributed by atoms with van der Waals surface area (Å²) in [6, 6.07) is 19.0. The van der Waals surface area contributed by atoms with Crippen LogP contribution in [0, 0.1) is 5.92 Å². The maximum Gasteiger partial charge on any atom is 0.405 e. The van der Waals surface area contributed by atoms with E-state index in [1.165, 1.54) is 12.8 Å². The van der Waals surface area contributed by atoms with E-state index in [1.54, 1.807) is 42.0 Å². The fraction of sp³-hybridized carbons (Fsp3) is 0.222. The summed E-state index contributed by atoms with van der Waals surface area (Å²) >= 11 is 0. The van der Waals surface area contributed by atoms with E-state index in [4.69, 9.17) is 0 Å². The molecule has 0 bridgehead atoms. The lowest BCUT2D eigenvalue weighted by molar-refractivity contribution is -0.122. The van der Waals surface area contributed by atoms with E-state index in [0.29, 0.717) is 29.4 Å². The SMILES string of the molecule is O=C(NCC(F)(F)F)Nc1cccc(-n2cnc3cc(-c4cccc(C(=O)NCC5CC5)c4)ccc32)c1. The van der Waals surface area contributed by atoms with Gasteiger partial charge in [-0.05, 0) is 72.4 Å². The highest BCUT2D eigenvalue weighted by Gasteiger charge is 2.27. The van der Waals surface area contributed by atoms with Crippen molar-refractivity contribution in [2.75, 3.05) is 18.4 Å². The zero-order chi connectivity index (χ0) is 26.0.